The van der Waals surface area contributed by atoms with Crippen LogP contribution in [0.4, 0.5) is 8.78 Å². The lowest BCUT2D eigenvalue weighted by Gasteiger charge is -2.12. The van der Waals surface area contributed by atoms with Crippen LogP contribution >= 0.6 is 22.9 Å². The van der Waals surface area contributed by atoms with Gasteiger partial charge >= 0.3 is 6.61 Å². The van der Waals surface area contributed by atoms with Crippen LogP contribution in [0, 0.1) is 0 Å². The fourth-order valence-electron chi connectivity index (χ4n) is 1.70. The summed E-state index contributed by atoms with van der Waals surface area (Å²) >= 11 is 7.24. The molecule has 0 spiro atoms. The molecule has 1 aromatic heterocycles. The molecule has 1 amide bonds. The number of hydrogen-bond acceptors (Lipinski definition) is 3. The van der Waals surface area contributed by atoms with Gasteiger partial charge in [0.1, 0.15) is 5.75 Å². The van der Waals surface area contributed by atoms with Crippen molar-refractivity contribution in [3.63, 3.8) is 0 Å². The van der Waals surface area contributed by atoms with Crippen LogP contribution in [0.5, 0.6) is 5.75 Å². The number of halogens is 3. The first kappa shape index (κ1) is 15.7. The van der Waals surface area contributed by atoms with Gasteiger partial charge in [-0.05, 0) is 43.3 Å². The van der Waals surface area contributed by atoms with Crippen LogP contribution in [-0.2, 0) is 0 Å². The van der Waals surface area contributed by atoms with Gasteiger partial charge in [-0.2, -0.15) is 8.78 Å². The molecule has 1 aromatic carbocycles. The maximum atomic E-state index is 12.0. The van der Waals surface area contributed by atoms with Crippen LogP contribution < -0.4 is 10.1 Å². The van der Waals surface area contributed by atoms with E-state index in [1.807, 2.05) is 13.0 Å². The molecular formula is C14H12ClF2NO2S. The van der Waals surface area contributed by atoms with Crippen LogP contribution in [-0.4, -0.2) is 12.5 Å². The summed E-state index contributed by atoms with van der Waals surface area (Å²) in [5.41, 5.74) is 0.367. The van der Waals surface area contributed by atoms with Crippen LogP contribution in [0.15, 0.2) is 36.4 Å². The van der Waals surface area contributed by atoms with Crippen molar-refractivity contribution in [2.75, 3.05) is 0 Å². The number of nitrogens with one attached hydrogen (secondary N) is 1. The first-order chi connectivity index (χ1) is 9.95. The van der Waals surface area contributed by atoms with E-state index in [1.165, 1.54) is 35.6 Å². The minimum Gasteiger partial charge on any atom is -0.435 e. The topological polar surface area (TPSA) is 38.3 Å². The molecule has 0 bridgehead atoms. The molecule has 3 nitrogen and oxygen atoms in total. The third kappa shape index (κ3) is 4.41. The van der Waals surface area contributed by atoms with Gasteiger partial charge in [-0.1, -0.05) is 11.6 Å². The van der Waals surface area contributed by atoms with E-state index in [0.29, 0.717) is 9.90 Å². The monoisotopic (exact) mass is 331 g/mol. The average Bonchev–Trinajstić information content (AvgIpc) is 2.85. The highest BCUT2D eigenvalue weighted by Gasteiger charge is 2.13. The number of rotatable bonds is 5. The number of carbonyl (C=O) groups is 1. The Hall–Kier alpha value is -1.66. The molecule has 0 fully saturated rings. The lowest BCUT2D eigenvalue weighted by Crippen LogP contribution is -2.26. The second kappa shape index (κ2) is 6.87. The zero-order valence-electron chi connectivity index (χ0n) is 11.0. The molecule has 1 N–H and O–H groups in total. The van der Waals surface area contributed by atoms with Crippen LogP contribution in [0.1, 0.15) is 28.2 Å². The lowest BCUT2D eigenvalue weighted by atomic mass is 10.2. The molecule has 0 radical (unpaired) electrons. The Morgan fingerprint density at radius 3 is 2.43 bits per heavy atom. The van der Waals surface area contributed by atoms with Gasteiger partial charge in [-0.3, -0.25) is 4.79 Å². The predicted molar refractivity (Wildman–Crippen MR) is 78.3 cm³/mol. The van der Waals surface area contributed by atoms with Crippen molar-refractivity contribution >= 4 is 28.8 Å². The van der Waals surface area contributed by atoms with E-state index in [1.54, 1.807) is 6.07 Å². The molecule has 0 saturated carbocycles. The maximum Gasteiger partial charge on any atom is 0.387 e. The van der Waals surface area contributed by atoms with E-state index in [2.05, 4.69) is 10.1 Å². The number of hydrogen-bond donors (Lipinski definition) is 1. The Bertz CT molecular complexity index is 616. The fraction of sp³-hybridized carbons (Fsp3) is 0.214. The highest BCUT2D eigenvalue weighted by atomic mass is 35.5. The molecule has 0 aliphatic heterocycles. The second-order valence-corrected chi connectivity index (χ2v) is 5.99. The normalized spacial score (nSPS) is 12.2. The summed E-state index contributed by atoms with van der Waals surface area (Å²) < 4.78 is 28.9. The van der Waals surface area contributed by atoms with E-state index < -0.39 is 6.61 Å². The van der Waals surface area contributed by atoms with E-state index >= 15 is 0 Å². The summed E-state index contributed by atoms with van der Waals surface area (Å²) in [6.45, 7) is -1.04. The summed E-state index contributed by atoms with van der Waals surface area (Å²) in [6, 6.07) is 8.94. The van der Waals surface area contributed by atoms with Crippen molar-refractivity contribution in [1.82, 2.24) is 5.32 Å². The van der Waals surface area contributed by atoms with Crippen molar-refractivity contribution in [1.29, 1.82) is 0 Å². The van der Waals surface area contributed by atoms with Gasteiger partial charge < -0.3 is 10.1 Å². The van der Waals surface area contributed by atoms with Gasteiger partial charge in [0.2, 0.25) is 0 Å². The molecule has 0 aliphatic carbocycles. The lowest BCUT2D eigenvalue weighted by molar-refractivity contribution is -0.0498. The Labute approximate surface area is 129 Å². The van der Waals surface area contributed by atoms with Gasteiger partial charge in [-0.25, -0.2) is 0 Å². The molecule has 1 unspecified atom stereocenters. The minimum atomic E-state index is -2.88. The molecule has 112 valence electrons. The van der Waals surface area contributed by atoms with Gasteiger partial charge in [0.05, 0.1) is 10.4 Å². The van der Waals surface area contributed by atoms with E-state index in [0.717, 1.165) is 4.88 Å². The zero-order chi connectivity index (χ0) is 15.4. The number of carbonyl (C=O) groups excluding carboxylic acids is 1. The van der Waals surface area contributed by atoms with Gasteiger partial charge in [0.15, 0.2) is 0 Å². The molecule has 7 heteroatoms. The minimum absolute atomic E-state index is 0.0136. The Morgan fingerprint density at radius 2 is 1.90 bits per heavy atom. The Kier molecular flexibility index (Phi) is 5.14. The second-order valence-electron chi connectivity index (χ2n) is 4.24. The Morgan fingerprint density at radius 1 is 1.24 bits per heavy atom. The van der Waals surface area contributed by atoms with E-state index in [9.17, 15) is 13.6 Å². The zero-order valence-corrected chi connectivity index (χ0v) is 12.5. The summed E-state index contributed by atoms with van der Waals surface area (Å²) in [4.78, 5) is 13.0. The fourth-order valence-corrected chi connectivity index (χ4v) is 2.76. The summed E-state index contributed by atoms with van der Waals surface area (Å²) in [6.07, 6.45) is 0. The smallest absolute Gasteiger partial charge is 0.387 e. The molecule has 2 rings (SSSR count). The highest BCUT2D eigenvalue weighted by Crippen LogP contribution is 2.26. The highest BCUT2D eigenvalue weighted by molar-refractivity contribution is 7.16. The van der Waals surface area contributed by atoms with Crippen molar-refractivity contribution in [3.8, 4) is 5.75 Å². The van der Waals surface area contributed by atoms with Crippen molar-refractivity contribution in [3.05, 3.63) is 51.2 Å². The van der Waals surface area contributed by atoms with E-state index in [4.69, 9.17) is 11.6 Å². The van der Waals surface area contributed by atoms with Gasteiger partial charge in [0, 0.05) is 10.4 Å². The van der Waals surface area contributed by atoms with Crippen molar-refractivity contribution < 1.29 is 18.3 Å². The van der Waals surface area contributed by atoms with Crippen molar-refractivity contribution in [2.24, 2.45) is 0 Å². The first-order valence-corrected chi connectivity index (χ1v) is 7.26. The molecule has 2 aromatic rings. The molecular weight excluding hydrogens is 320 g/mol. The molecule has 1 atom stereocenters. The van der Waals surface area contributed by atoms with Gasteiger partial charge in [-0.15, -0.1) is 11.3 Å². The molecule has 21 heavy (non-hydrogen) atoms. The summed E-state index contributed by atoms with van der Waals surface area (Å²) in [5, 5.41) is 2.81. The Balaban J connectivity index is 1.99. The van der Waals surface area contributed by atoms with Crippen LogP contribution in [0.3, 0.4) is 0 Å². The molecule has 0 aliphatic rings. The number of benzene rings is 1. The average molecular weight is 332 g/mol. The van der Waals surface area contributed by atoms with E-state index in [-0.39, 0.29) is 17.7 Å². The van der Waals surface area contributed by atoms with Crippen LogP contribution in [0.2, 0.25) is 4.34 Å². The van der Waals surface area contributed by atoms with Crippen LogP contribution in [0.25, 0.3) is 0 Å². The largest absolute Gasteiger partial charge is 0.435 e. The number of ether oxygens (including phenoxy) is 1. The summed E-state index contributed by atoms with van der Waals surface area (Å²) in [5.74, 6) is -0.282. The SMILES string of the molecule is CC(NC(=O)c1ccc(OC(F)F)cc1)c1ccc(Cl)s1. The maximum absolute atomic E-state index is 12.0. The standard InChI is InChI=1S/C14H12ClF2NO2S/c1-8(11-6-7-12(15)21-11)18-13(19)9-2-4-10(5-3-9)20-14(16)17/h2-8,14H,1H3,(H,18,19). The molecule has 1 heterocycles. The number of amides is 1. The van der Waals surface area contributed by atoms with Gasteiger partial charge in [0.25, 0.3) is 5.91 Å². The first-order valence-electron chi connectivity index (χ1n) is 6.06. The third-order valence-electron chi connectivity index (χ3n) is 2.71. The molecule has 0 saturated heterocycles. The number of alkyl halides is 2. The number of thiophene rings is 1. The van der Waals surface area contributed by atoms with Crippen molar-refractivity contribution in [2.45, 2.75) is 19.6 Å². The predicted octanol–water partition coefficient (Wildman–Crippen LogP) is 4.49. The summed E-state index contributed by atoms with van der Waals surface area (Å²) in [7, 11) is 0. The quantitative estimate of drug-likeness (QED) is 0.876. The third-order valence-corrected chi connectivity index (χ3v) is 4.12.